The maximum absolute atomic E-state index is 13.4. The second-order valence-corrected chi connectivity index (χ2v) is 12.8. The summed E-state index contributed by atoms with van der Waals surface area (Å²) in [7, 11) is 1.58. The van der Waals surface area contributed by atoms with Crippen LogP contribution in [0.2, 0.25) is 0 Å². The van der Waals surface area contributed by atoms with E-state index >= 15 is 0 Å². The van der Waals surface area contributed by atoms with E-state index in [0.29, 0.717) is 18.7 Å². The molecule has 4 aliphatic carbocycles. The highest BCUT2D eigenvalue weighted by Crippen LogP contribution is 2.67. The maximum Gasteiger partial charge on any atom is 0.306 e. The van der Waals surface area contributed by atoms with E-state index in [1.807, 2.05) is 25.1 Å². The molecule has 0 spiro atoms. The van der Waals surface area contributed by atoms with Crippen molar-refractivity contribution in [1.82, 2.24) is 5.32 Å². The molecule has 226 valence electrons. The lowest BCUT2D eigenvalue weighted by molar-refractivity contribution is -0.181. The molecule has 3 saturated carbocycles. The van der Waals surface area contributed by atoms with E-state index in [4.69, 9.17) is 9.47 Å². The zero-order valence-electron chi connectivity index (χ0n) is 24.6. The van der Waals surface area contributed by atoms with E-state index in [0.717, 1.165) is 24.0 Å². The number of aliphatic hydroxyl groups excluding tert-OH is 1. The quantitative estimate of drug-likeness (QED) is 0.379. The minimum Gasteiger partial charge on any atom is -0.497 e. The van der Waals surface area contributed by atoms with Gasteiger partial charge in [-0.3, -0.25) is 19.2 Å². The molecular formula is C33H41NO8. The summed E-state index contributed by atoms with van der Waals surface area (Å²) in [5.74, 6) is -0.899. The highest BCUT2D eigenvalue weighted by atomic mass is 16.5. The molecule has 9 nitrogen and oxygen atoms in total. The Bertz CT molecular complexity index is 1320. The summed E-state index contributed by atoms with van der Waals surface area (Å²) >= 11 is 0. The van der Waals surface area contributed by atoms with E-state index < -0.39 is 40.9 Å². The molecule has 42 heavy (non-hydrogen) atoms. The fourth-order valence-electron chi connectivity index (χ4n) is 8.37. The van der Waals surface area contributed by atoms with Crippen molar-refractivity contribution >= 4 is 23.4 Å². The van der Waals surface area contributed by atoms with Crippen molar-refractivity contribution in [2.24, 2.45) is 28.6 Å². The smallest absolute Gasteiger partial charge is 0.306 e. The molecule has 9 heteroatoms. The van der Waals surface area contributed by atoms with Crippen molar-refractivity contribution in [2.45, 2.75) is 77.0 Å². The molecule has 1 amide bonds. The number of amides is 1. The van der Waals surface area contributed by atoms with Gasteiger partial charge in [0.05, 0.1) is 19.6 Å². The normalized spacial score (nSPS) is 34.9. The standard InChI is InChI=1S/C33H41NO8/c1-31-14-12-22(35)16-21(31)6-9-24-25-13-15-33(40,32(25,2)17-26(36)30(24)31)27(37)19-42-29(39)11-10-28(38)34-18-20-4-7-23(41-3)8-5-20/h4-5,7-8,12,14,16,24-26,30,36,40H,6,9-11,13,15,17-19H2,1-3H3,(H,34,38). The second-order valence-electron chi connectivity index (χ2n) is 12.8. The second kappa shape index (κ2) is 11.4. The van der Waals surface area contributed by atoms with Crippen LogP contribution < -0.4 is 10.1 Å². The predicted molar refractivity (Wildman–Crippen MR) is 153 cm³/mol. The number of hydrogen-bond acceptors (Lipinski definition) is 8. The lowest BCUT2D eigenvalue weighted by atomic mass is 9.46. The lowest BCUT2D eigenvalue weighted by Crippen LogP contribution is -2.61. The zero-order chi connectivity index (χ0) is 30.3. The molecule has 3 N–H and O–H groups in total. The Kier molecular flexibility index (Phi) is 8.20. The first kappa shape index (κ1) is 30.2. The van der Waals surface area contributed by atoms with Crippen LogP contribution >= 0.6 is 0 Å². The number of methoxy groups -OCH3 is 1. The third-order valence-electron chi connectivity index (χ3n) is 10.7. The number of allylic oxidation sites excluding steroid dienone is 4. The molecule has 4 aliphatic rings. The molecule has 1 aromatic carbocycles. The maximum atomic E-state index is 13.4. The number of carbonyl (C=O) groups excluding carboxylic acids is 4. The minimum absolute atomic E-state index is 0.00866. The summed E-state index contributed by atoms with van der Waals surface area (Å²) in [5.41, 5.74) is -1.10. The van der Waals surface area contributed by atoms with Gasteiger partial charge in [0.15, 0.2) is 12.4 Å². The largest absolute Gasteiger partial charge is 0.497 e. The number of benzene rings is 1. The average Bonchev–Trinajstić information content (AvgIpc) is 3.24. The molecule has 3 fully saturated rings. The third kappa shape index (κ3) is 5.22. The summed E-state index contributed by atoms with van der Waals surface area (Å²) in [5, 5.41) is 26.0. The summed E-state index contributed by atoms with van der Waals surface area (Å²) < 4.78 is 10.3. The van der Waals surface area contributed by atoms with Crippen molar-refractivity contribution in [3.05, 3.63) is 53.6 Å². The zero-order valence-corrected chi connectivity index (χ0v) is 24.6. The lowest BCUT2D eigenvalue weighted by Gasteiger charge is -2.59. The van der Waals surface area contributed by atoms with Crippen molar-refractivity contribution < 1.29 is 38.9 Å². The van der Waals surface area contributed by atoms with Crippen LogP contribution in [0.15, 0.2) is 48.1 Å². The Morgan fingerprint density at radius 3 is 2.55 bits per heavy atom. The molecule has 0 saturated heterocycles. The van der Waals surface area contributed by atoms with Gasteiger partial charge in [-0.25, -0.2) is 0 Å². The van der Waals surface area contributed by atoms with E-state index in [9.17, 15) is 29.4 Å². The third-order valence-corrected chi connectivity index (χ3v) is 10.7. The molecule has 0 bridgehead atoms. The number of hydrogen-bond donors (Lipinski definition) is 3. The Labute approximate surface area is 246 Å². The van der Waals surface area contributed by atoms with Gasteiger partial charge in [0, 0.05) is 29.7 Å². The van der Waals surface area contributed by atoms with Crippen LogP contribution in [0, 0.1) is 28.6 Å². The number of fused-ring (bicyclic) bond motifs is 5. The number of ketones is 2. The van der Waals surface area contributed by atoms with Crippen LogP contribution in [-0.2, 0) is 30.5 Å². The van der Waals surface area contributed by atoms with E-state index in [1.165, 1.54) is 0 Å². The van der Waals surface area contributed by atoms with Gasteiger partial charge in [0.25, 0.3) is 0 Å². The monoisotopic (exact) mass is 579 g/mol. The van der Waals surface area contributed by atoms with Gasteiger partial charge < -0.3 is 25.0 Å². The van der Waals surface area contributed by atoms with Gasteiger partial charge in [-0.05, 0) is 73.8 Å². The van der Waals surface area contributed by atoms with Crippen LogP contribution in [0.1, 0.15) is 64.4 Å². The summed E-state index contributed by atoms with van der Waals surface area (Å²) in [6.07, 6.45) is 6.81. The molecule has 7 unspecified atom stereocenters. The van der Waals surface area contributed by atoms with Crippen LogP contribution in [-0.4, -0.2) is 59.1 Å². The molecule has 0 aromatic heterocycles. The number of carbonyl (C=O) groups is 4. The van der Waals surface area contributed by atoms with E-state index in [2.05, 4.69) is 12.2 Å². The fourth-order valence-corrected chi connectivity index (χ4v) is 8.37. The Hall–Kier alpha value is -3.30. The SMILES string of the molecule is COc1ccc(CNC(=O)CCC(=O)OCC(=O)C2(O)CCC3C4CCC5=CC(=O)C=CC5(C)C4C(O)CC32C)cc1. The number of nitrogens with one attached hydrogen (secondary N) is 1. The molecular weight excluding hydrogens is 538 g/mol. The molecule has 1 aromatic rings. The number of ether oxygens (including phenoxy) is 2. The van der Waals surface area contributed by atoms with Gasteiger partial charge in [0.2, 0.25) is 11.7 Å². The Morgan fingerprint density at radius 2 is 1.83 bits per heavy atom. The summed E-state index contributed by atoms with van der Waals surface area (Å²) in [4.78, 5) is 50.0. The van der Waals surface area contributed by atoms with Crippen molar-refractivity contribution in [3.63, 3.8) is 0 Å². The van der Waals surface area contributed by atoms with E-state index in [-0.39, 0.29) is 55.1 Å². The first-order chi connectivity index (χ1) is 19.9. The number of rotatable bonds is 9. The summed E-state index contributed by atoms with van der Waals surface area (Å²) in [6.45, 7) is 3.69. The van der Waals surface area contributed by atoms with E-state index in [1.54, 1.807) is 31.4 Å². The van der Waals surface area contributed by atoms with Gasteiger partial charge in [-0.15, -0.1) is 0 Å². The highest BCUT2D eigenvalue weighted by molar-refractivity contribution is 6.01. The first-order valence-corrected chi connectivity index (χ1v) is 14.8. The van der Waals surface area contributed by atoms with Gasteiger partial charge in [-0.2, -0.15) is 0 Å². The first-order valence-electron chi connectivity index (χ1n) is 14.8. The Morgan fingerprint density at radius 1 is 1.10 bits per heavy atom. The van der Waals surface area contributed by atoms with Crippen molar-refractivity contribution in [2.75, 3.05) is 13.7 Å². The predicted octanol–water partition coefficient (Wildman–Crippen LogP) is 3.21. The highest BCUT2D eigenvalue weighted by Gasteiger charge is 2.68. The molecule has 0 heterocycles. The topological polar surface area (TPSA) is 139 Å². The molecule has 7 atom stereocenters. The summed E-state index contributed by atoms with van der Waals surface area (Å²) in [6, 6.07) is 7.26. The molecule has 0 aliphatic heterocycles. The van der Waals surface area contributed by atoms with Gasteiger partial charge >= 0.3 is 5.97 Å². The molecule has 0 radical (unpaired) electrons. The molecule has 5 rings (SSSR count). The number of Topliss-reactive ketones (excluding diaryl/α,β-unsaturated/α-hetero) is 1. The van der Waals surface area contributed by atoms with Gasteiger partial charge in [0.1, 0.15) is 11.4 Å². The van der Waals surface area contributed by atoms with Crippen LogP contribution in [0.4, 0.5) is 0 Å². The number of aliphatic hydroxyl groups is 2. The van der Waals surface area contributed by atoms with Crippen molar-refractivity contribution in [1.29, 1.82) is 0 Å². The van der Waals surface area contributed by atoms with Crippen LogP contribution in [0.25, 0.3) is 0 Å². The number of esters is 1. The minimum atomic E-state index is -1.73. The average molecular weight is 580 g/mol. The van der Waals surface area contributed by atoms with Crippen molar-refractivity contribution in [3.8, 4) is 5.75 Å². The Balaban J connectivity index is 1.15. The van der Waals surface area contributed by atoms with Crippen LogP contribution in [0.3, 0.4) is 0 Å². The van der Waals surface area contributed by atoms with Crippen LogP contribution in [0.5, 0.6) is 5.75 Å². The fraction of sp³-hybridized carbons (Fsp3) is 0.576. The van der Waals surface area contributed by atoms with Gasteiger partial charge in [-0.1, -0.05) is 37.6 Å².